The molecule has 1 aliphatic rings. The van der Waals surface area contributed by atoms with Crippen molar-refractivity contribution in [3.63, 3.8) is 0 Å². The molecule has 0 bridgehead atoms. The summed E-state index contributed by atoms with van der Waals surface area (Å²) in [6, 6.07) is 10.5. The van der Waals surface area contributed by atoms with Gasteiger partial charge >= 0.3 is 0 Å². The minimum Gasteiger partial charge on any atom is -0.309 e. The zero-order valence-electron chi connectivity index (χ0n) is 10.8. The summed E-state index contributed by atoms with van der Waals surface area (Å²) in [5.74, 6) is -0.219. The molecule has 102 valence electrons. The summed E-state index contributed by atoms with van der Waals surface area (Å²) in [5.41, 5.74) is 2.40. The lowest BCUT2D eigenvalue weighted by Crippen LogP contribution is -2.44. The Kier molecular flexibility index (Phi) is 3.43. The molecule has 2 aromatic rings. The Bertz CT molecular complexity index is 627. The van der Waals surface area contributed by atoms with Crippen molar-refractivity contribution in [1.29, 1.82) is 0 Å². The third-order valence-corrected chi connectivity index (χ3v) is 3.38. The number of anilines is 1. The lowest BCUT2D eigenvalue weighted by atomic mass is 9.95. The highest BCUT2D eigenvalue weighted by Gasteiger charge is 2.23. The van der Waals surface area contributed by atoms with Crippen LogP contribution in [0, 0.1) is 5.82 Å². The van der Waals surface area contributed by atoms with Crippen LogP contribution in [0.25, 0.3) is 0 Å². The first-order valence-corrected chi connectivity index (χ1v) is 6.45. The zero-order chi connectivity index (χ0) is 13.9. The molecule has 4 nitrogen and oxygen atoms in total. The number of nitrogens with one attached hydrogen (secondary N) is 2. The fourth-order valence-electron chi connectivity index (χ4n) is 2.30. The average molecular weight is 271 g/mol. The Hall–Kier alpha value is -2.27. The van der Waals surface area contributed by atoms with Gasteiger partial charge in [-0.25, -0.2) is 9.37 Å². The number of hydrogen-bond donors (Lipinski definition) is 2. The largest absolute Gasteiger partial charge is 0.309 e. The number of amides is 1. The summed E-state index contributed by atoms with van der Waals surface area (Å²) in [5, 5.41) is 5.88. The molecule has 0 saturated carbocycles. The summed E-state index contributed by atoms with van der Waals surface area (Å²) in [6.07, 6.45) is 1.72. The second-order valence-electron chi connectivity index (χ2n) is 4.76. The lowest BCUT2D eigenvalue weighted by molar-refractivity contribution is -0.118. The molecule has 0 unspecified atom stereocenters. The Balaban J connectivity index is 1.68. The van der Waals surface area contributed by atoms with Gasteiger partial charge in [0.1, 0.15) is 11.6 Å². The van der Waals surface area contributed by atoms with Crippen molar-refractivity contribution >= 4 is 11.7 Å². The van der Waals surface area contributed by atoms with Crippen molar-refractivity contribution < 1.29 is 9.18 Å². The minimum absolute atomic E-state index is 0.154. The van der Waals surface area contributed by atoms with Crippen molar-refractivity contribution in [2.75, 3.05) is 5.32 Å². The molecule has 5 heteroatoms. The number of aromatic nitrogens is 1. The predicted octanol–water partition coefficient (Wildman–Crippen LogP) is 1.87. The van der Waals surface area contributed by atoms with Gasteiger partial charge in [0.05, 0.1) is 12.2 Å². The SMILES string of the molecule is O=C(Nc1ccc(F)cn1)[C@H]1Cc2ccccc2CN1. The van der Waals surface area contributed by atoms with Crippen LogP contribution in [0.1, 0.15) is 11.1 Å². The van der Waals surface area contributed by atoms with Crippen molar-refractivity contribution in [1.82, 2.24) is 10.3 Å². The van der Waals surface area contributed by atoms with Gasteiger partial charge in [-0.15, -0.1) is 0 Å². The van der Waals surface area contributed by atoms with E-state index in [1.165, 1.54) is 23.3 Å². The third-order valence-electron chi connectivity index (χ3n) is 3.38. The van der Waals surface area contributed by atoms with Crippen LogP contribution in [0.15, 0.2) is 42.6 Å². The van der Waals surface area contributed by atoms with Crippen LogP contribution in [0.4, 0.5) is 10.2 Å². The van der Waals surface area contributed by atoms with E-state index in [0.717, 1.165) is 6.20 Å². The Morgan fingerprint density at radius 3 is 2.80 bits per heavy atom. The van der Waals surface area contributed by atoms with Crippen LogP contribution in [0.3, 0.4) is 0 Å². The molecule has 1 amide bonds. The minimum atomic E-state index is -0.423. The smallest absolute Gasteiger partial charge is 0.243 e. The molecule has 0 aliphatic carbocycles. The van der Waals surface area contributed by atoms with Crippen molar-refractivity contribution in [2.45, 2.75) is 19.0 Å². The summed E-state index contributed by atoms with van der Waals surface area (Å²) < 4.78 is 12.8. The Morgan fingerprint density at radius 2 is 2.05 bits per heavy atom. The summed E-state index contributed by atoms with van der Waals surface area (Å²) in [6.45, 7) is 0.672. The molecule has 1 aromatic carbocycles. The molecule has 20 heavy (non-hydrogen) atoms. The van der Waals surface area contributed by atoms with Gasteiger partial charge in [0, 0.05) is 6.54 Å². The highest BCUT2D eigenvalue weighted by atomic mass is 19.1. The van der Waals surface area contributed by atoms with Crippen LogP contribution in [0.2, 0.25) is 0 Å². The lowest BCUT2D eigenvalue weighted by Gasteiger charge is -2.25. The summed E-state index contributed by atoms with van der Waals surface area (Å²) >= 11 is 0. The van der Waals surface area contributed by atoms with Crippen molar-refractivity contribution in [3.05, 3.63) is 59.5 Å². The number of hydrogen-bond acceptors (Lipinski definition) is 3. The highest BCUT2D eigenvalue weighted by molar-refractivity contribution is 5.94. The van der Waals surface area contributed by atoms with E-state index in [2.05, 4.69) is 21.7 Å². The van der Waals surface area contributed by atoms with E-state index in [-0.39, 0.29) is 11.9 Å². The van der Waals surface area contributed by atoms with E-state index in [1.807, 2.05) is 18.2 Å². The van der Waals surface area contributed by atoms with Gasteiger partial charge in [-0.1, -0.05) is 24.3 Å². The van der Waals surface area contributed by atoms with Gasteiger partial charge in [0.15, 0.2) is 0 Å². The number of pyridine rings is 1. The van der Waals surface area contributed by atoms with Crippen molar-refractivity contribution in [3.8, 4) is 0 Å². The molecular formula is C15H14FN3O. The maximum atomic E-state index is 12.8. The number of halogens is 1. The monoisotopic (exact) mass is 271 g/mol. The topological polar surface area (TPSA) is 54.0 Å². The van der Waals surface area contributed by atoms with Crippen LogP contribution in [0.5, 0.6) is 0 Å². The number of benzene rings is 1. The number of rotatable bonds is 2. The van der Waals surface area contributed by atoms with Crippen LogP contribution < -0.4 is 10.6 Å². The molecule has 0 spiro atoms. The number of carbonyl (C=O) groups is 1. The molecule has 0 radical (unpaired) electrons. The van der Waals surface area contributed by atoms with E-state index >= 15 is 0 Å². The molecule has 2 N–H and O–H groups in total. The number of nitrogens with zero attached hydrogens (tertiary/aromatic N) is 1. The van der Waals surface area contributed by atoms with Crippen molar-refractivity contribution in [2.24, 2.45) is 0 Å². The maximum absolute atomic E-state index is 12.8. The predicted molar refractivity (Wildman–Crippen MR) is 73.6 cm³/mol. The van der Waals surface area contributed by atoms with Crippen LogP contribution >= 0.6 is 0 Å². The molecule has 1 atom stereocenters. The molecule has 1 aromatic heterocycles. The Morgan fingerprint density at radius 1 is 1.25 bits per heavy atom. The molecule has 0 fully saturated rings. The van der Waals surface area contributed by atoms with E-state index < -0.39 is 5.82 Å². The van der Waals surface area contributed by atoms with Crippen LogP contribution in [-0.4, -0.2) is 16.9 Å². The first-order valence-electron chi connectivity index (χ1n) is 6.45. The standard InChI is InChI=1S/C15H14FN3O/c16-12-5-6-14(18-9-12)19-15(20)13-7-10-3-1-2-4-11(10)8-17-13/h1-6,9,13,17H,7-8H2,(H,18,19,20)/t13-/m1/s1. The van der Waals surface area contributed by atoms with Gasteiger partial charge in [0.2, 0.25) is 5.91 Å². The van der Waals surface area contributed by atoms with E-state index in [1.54, 1.807) is 0 Å². The third kappa shape index (κ3) is 2.67. The quantitative estimate of drug-likeness (QED) is 0.876. The number of carbonyl (C=O) groups excluding carboxylic acids is 1. The summed E-state index contributed by atoms with van der Waals surface area (Å²) in [7, 11) is 0. The van der Waals surface area contributed by atoms with Gasteiger partial charge in [-0.2, -0.15) is 0 Å². The fraction of sp³-hybridized carbons (Fsp3) is 0.200. The van der Waals surface area contributed by atoms with Gasteiger partial charge < -0.3 is 10.6 Å². The normalized spacial score (nSPS) is 17.4. The zero-order valence-corrected chi connectivity index (χ0v) is 10.8. The first kappa shape index (κ1) is 12.7. The molecule has 2 heterocycles. The fourth-order valence-corrected chi connectivity index (χ4v) is 2.30. The van der Waals surface area contributed by atoms with Gasteiger partial charge in [0.25, 0.3) is 0 Å². The second kappa shape index (κ2) is 5.38. The molecular weight excluding hydrogens is 257 g/mol. The maximum Gasteiger partial charge on any atom is 0.243 e. The average Bonchev–Trinajstić information content (AvgIpc) is 2.49. The Labute approximate surface area is 116 Å². The van der Waals surface area contributed by atoms with Crippen LogP contribution in [-0.2, 0) is 17.8 Å². The highest BCUT2D eigenvalue weighted by Crippen LogP contribution is 2.17. The van der Waals surface area contributed by atoms with Gasteiger partial charge in [-0.05, 0) is 29.7 Å². The summed E-state index contributed by atoms with van der Waals surface area (Å²) in [4.78, 5) is 16.0. The molecule has 0 saturated heterocycles. The van der Waals surface area contributed by atoms with Gasteiger partial charge in [-0.3, -0.25) is 4.79 Å². The van der Waals surface area contributed by atoms with E-state index in [0.29, 0.717) is 18.8 Å². The molecule has 1 aliphatic heterocycles. The van der Waals surface area contributed by atoms with E-state index in [4.69, 9.17) is 0 Å². The second-order valence-corrected chi connectivity index (χ2v) is 4.76. The number of fused-ring (bicyclic) bond motifs is 1. The van der Waals surface area contributed by atoms with E-state index in [9.17, 15) is 9.18 Å². The molecule has 3 rings (SSSR count). The first-order chi connectivity index (χ1) is 9.72.